The maximum atomic E-state index is 12.8. The summed E-state index contributed by atoms with van der Waals surface area (Å²) in [6, 6.07) is 15.8. The van der Waals surface area contributed by atoms with E-state index >= 15 is 0 Å². The third kappa shape index (κ3) is 3.84. The number of carbonyl (C=O) groups is 1. The Morgan fingerprint density at radius 2 is 1.86 bits per heavy atom. The molecule has 6 nitrogen and oxygen atoms in total. The van der Waals surface area contributed by atoms with Crippen molar-refractivity contribution in [2.75, 3.05) is 5.32 Å². The first-order valence-electron chi connectivity index (χ1n) is 9.63. The second-order valence-electron chi connectivity index (χ2n) is 7.67. The van der Waals surface area contributed by atoms with Crippen LogP contribution in [0, 0.1) is 0 Å². The van der Waals surface area contributed by atoms with Crippen LogP contribution in [0.2, 0.25) is 0 Å². The van der Waals surface area contributed by atoms with Crippen molar-refractivity contribution in [1.29, 1.82) is 0 Å². The number of amides is 1. The van der Waals surface area contributed by atoms with E-state index < -0.39 is 11.5 Å². The van der Waals surface area contributed by atoms with Crippen molar-refractivity contribution in [2.45, 2.75) is 31.3 Å². The van der Waals surface area contributed by atoms with Crippen LogP contribution in [0.1, 0.15) is 36.8 Å². The summed E-state index contributed by atoms with van der Waals surface area (Å²) < 4.78 is 1.51. The number of aromatic nitrogens is 2. The first-order chi connectivity index (χ1) is 13.9. The molecule has 0 radical (unpaired) electrons. The molecule has 3 aromatic rings. The Hall–Kier alpha value is -3.25. The Balaban J connectivity index is 1.67. The molecule has 0 aliphatic heterocycles. The highest BCUT2D eigenvalue weighted by atomic mass is 16.3. The molecule has 148 valence electrons. The van der Waals surface area contributed by atoms with Crippen LogP contribution in [-0.4, -0.2) is 20.6 Å². The number of aryl methyl sites for hydroxylation is 1. The van der Waals surface area contributed by atoms with Crippen molar-refractivity contribution >= 4 is 11.7 Å². The van der Waals surface area contributed by atoms with Crippen LogP contribution in [0.3, 0.4) is 0 Å². The molecule has 1 unspecified atom stereocenters. The highest BCUT2D eigenvalue weighted by Gasteiger charge is 2.33. The minimum atomic E-state index is -1.69. The molecule has 0 saturated heterocycles. The first-order valence-corrected chi connectivity index (χ1v) is 9.63. The molecule has 0 bridgehead atoms. The fraction of sp³-hybridized carbons (Fsp3) is 0.261. The Labute approximate surface area is 168 Å². The number of aliphatic hydroxyl groups is 1. The molecule has 1 aliphatic carbocycles. The fourth-order valence-electron chi connectivity index (χ4n) is 3.36. The van der Waals surface area contributed by atoms with Crippen molar-refractivity contribution in [3.8, 4) is 11.3 Å². The number of benzene rings is 1. The summed E-state index contributed by atoms with van der Waals surface area (Å²) in [5, 5.41) is 13.5. The fourth-order valence-corrected chi connectivity index (χ4v) is 3.36. The van der Waals surface area contributed by atoms with Gasteiger partial charge in [-0.25, -0.2) is 4.98 Å². The quantitative estimate of drug-likeness (QED) is 0.702. The lowest BCUT2D eigenvalue weighted by Crippen LogP contribution is -2.37. The largest absolute Gasteiger partial charge is 0.376 e. The molecule has 2 aromatic heterocycles. The van der Waals surface area contributed by atoms with Crippen LogP contribution in [0.15, 0.2) is 65.6 Å². The number of hydrogen-bond acceptors (Lipinski definition) is 4. The van der Waals surface area contributed by atoms with E-state index in [0.29, 0.717) is 17.3 Å². The standard InChI is InChI=1S/C23H23N3O3/c1-23(29,17-6-4-3-5-7-17)22(28)25-19-12-11-18(15-8-9-15)21(24-19)16-10-13-20(27)26(2)14-16/h3-7,10-15,29H,8-9H2,1-2H3,(H,24,25,28). The Morgan fingerprint density at radius 1 is 1.14 bits per heavy atom. The summed E-state index contributed by atoms with van der Waals surface area (Å²) in [5.41, 5.74) is 1.40. The van der Waals surface area contributed by atoms with Gasteiger partial charge in [0.15, 0.2) is 5.60 Å². The molecule has 1 amide bonds. The monoisotopic (exact) mass is 389 g/mol. The number of pyridine rings is 2. The van der Waals surface area contributed by atoms with E-state index in [1.54, 1.807) is 49.6 Å². The Morgan fingerprint density at radius 3 is 2.52 bits per heavy atom. The van der Waals surface area contributed by atoms with Gasteiger partial charge in [-0.15, -0.1) is 0 Å². The number of hydrogen-bond donors (Lipinski definition) is 2. The topological polar surface area (TPSA) is 84.2 Å². The third-order valence-electron chi connectivity index (χ3n) is 5.32. The molecule has 0 spiro atoms. The van der Waals surface area contributed by atoms with Gasteiger partial charge in [-0.1, -0.05) is 36.4 Å². The van der Waals surface area contributed by atoms with Crippen LogP contribution in [-0.2, 0) is 17.4 Å². The van der Waals surface area contributed by atoms with Crippen molar-refractivity contribution in [3.05, 3.63) is 82.3 Å². The summed E-state index contributed by atoms with van der Waals surface area (Å²) in [4.78, 5) is 29.2. The van der Waals surface area contributed by atoms with Crippen molar-refractivity contribution in [1.82, 2.24) is 9.55 Å². The normalized spacial score (nSPS) is 15.6. The van der Waals surface area contributed by atoms with Gasteiger partial charge >= 0.3 is 0 Å². The highest BCUT2D eigenvalue weighted by molar-refractivity contribution is 5.97. The molecule has 1 fully saturated rings. The third-order valence-corrected chi connectivity index (χ3v) is 5.32. The molecular formula is C23H23N3O3. The minimum absolute atomic E-state index is 0.0925. The molecule has 2 N–H and O–H groups in total. The van der Waals surface area contributed by atoms with Gasteiger partial charge in [0, 0.05) is 24.9 Å². The van der Waals surface area contributed by atoms with Gasteiger partial charge in [-0.3, -0.25) is 9.59 Å². The van der Waals surface area contributed by atoms with Crippen molar-refractivity contribution in [3.63, 3.8) is 0 Å². The Kier molecular flexibility index (Phi) is 4.80. The smallest absolute Gasteiger partial charge is 0.261 e. The van der Waals surface area contributed by atoms with E-state index in [9.17, 15) is 14.7 Å². The zero-order chi connectivity index (χ0) is 20.6. The molecule has 4 rings (SSSR count). The van der Waals surface area contributed by atoms with Gasteiger partial charge in [-0.05, 0) is 48.9 Å². The summed E-state index contributed by atoms with van der Waals surface area (Å²) in [5.74, 6) is 0.258. The zero-order valence-electron chi connectivity index (χ0n) is 16.4. The lowest BCUT2D eigenvalue weighted by Gasteiger charge is -2.23. The second-order valence-corrected chi connectivity index (χ2v) is 7.67. The average Bonchev–Trinajstić information content (AvgIpc) is 3.56. The second kappa shape index (κ2) is 7.29. The molecule has 2 heterocycles. The molecule has 1 aromatic carbocycles. The van der Waals surface area contributed by atoms with Gasteiger partial charge in [0.05, 0.1) is 5.69 Å². The molecule has 1 atom stereocenters. The van der Waals surface area contributed by atoms with E-state index in [1.807, 2.05) is 12.1 Å². The van der Waals surface area contributed by atoms with Crippen LogP contribution in [0.4, 0.5) is 5.82 Å². The highest BCUT2D eigenvalue weighted by Crippen LogP contribution is 2.44. The number of rotatable bonds is 5. The minimum Gasteiger partial charge on any atom is -0.376 e. The van der Waals surface area contributed by atoms with E-state index in [-0.39, 0.29) is 5.56 Å². The molecule has 6 heteroatoms. The number of carbonyl (C=O) groups excluding carboxylic acids is 1. The van der Waals surface area contributed by atoms with Crippen molar-refractivity contribution in [2.24, 2.45) is 7.05 Å². The first kappa shape index (κ1) is 19.1. The molecule has 1 saturated carbocycles. The van der Waals surface area contributed by atoms with E-state index in [4.69, 9.17) is 0 Å². The lowest BCUT2D eigenvalue weighted by atomic mass is 9.95. The number of anilines is 1. The van der Waals surface area contributed by atoms with Gasteiger partial charge in [0.25, 0.3) is 5.91 Å². The van der Waals surface area contributed by atoms with Gasteiger partial charge in [-0.2, -0.15) is 0 Å². The van der Waals surface area contributed by atoms with Crippen LogP contribution >= 0.6 is 0 Å². The predicted molar refractivity (Wildman–Crippen MR) is 112 cm³/mol. The summed E-state index contributed by atoms with van der Waals surface area (Å²) in [7, 11) is 1.70. The summed E-state index contributed by atoms with van der Waals surface area (Å²) >= 11 is 0. The van der Waals surface area contributed by atoms with Gasteiger partial charge < -0.3 is 15.0 Å². The average molecular weight is 389 g/mol. The zero-order valence-corrected chi connectivity index (χ0v) is 16.4. The van der Waals surface area contributed by atoms with E-state index in [1.165, 1.54) is 17.6 Å². The SMILES string of the molecule is Cn1cc(-c2nc(NC(=O)C(C)(O)c3ccccc3)ccc2C2CC2)ccc1=O. The predicted octanol–water partition coefficient (Wildman–Crippen LogP) is 3.17. The lowest BCUT2D eigenvalue weighted by molar-refractivity contribution is -0.133. The van der Waals surface area contributed by atoms with Crippen LogP contribution in [0.5, 0.6) is 0 Å². The molecular weight excluding hydrogens is 366 g/mol. The van der Waals surface area contributed by atoms with Gasteiger partial charge in [0.1, 0.15) is 5.82 Å². The number of nitrogens with zero attached hydrogens (tertiary/aromatic N) is 2. The Bertz CT molecular complexity index is 1120. The summed E-state index contributed by atoms with van der Waals surface area (Å²) in [6.45, 7) is 1.46. The van der Waals surface area contributed by atoms with Crippen LogP contribution < -0.4 is 10.9 Å². The van der Waals surface area contributed by atoms with Crippen LogP contribution in [0.25, 0.3) is 11.3 Å². The van der Waals surface area contributed by atoms with Gasteiger partial charge in [0.2, 0.25) is 5.56 Å². The molecule has 1 aliphatic rings. The maximum absolute atomic E-state index is 12.8. The van der Waals surface area contributed by atoms with Crippen molar-refractivity contribution < 1.29 is 9.90 Å². The number of nitrogens with one attached hydrogen (secondary N) is 1. The maximum Gasteiger partial charge on any atom is 0.261 e. The summed E-state index contributed by atoms with van der Waals surface area (Å²) in [6.07, 6.45) is 3.96. The van der Waals surface area contributed by atoms with E-state index in [0.717, 1.165) is 29.7 Å². The molecule has 29 heavy (non-hydrogen) atoms. The van der Waals surface area contributed by atoms with E-state index in [2.05, 4.69) is 10.3 Å².